The molecule has 0 aliphatic carbocycles. The summed E-state index contributed by atoms with van der Waals surface area (Å²) >= 11 is 0. The first-order valence-electron chi connectivity index (χ1n) is 9.56. The highest BCUT2D eigenvalue weighted by Gasteiger charge is 2.33. The van der Waals surface area contributed by atoms with Crippen LogP contribution in [-0.2, 0) is 10.0 Å². The van der Waals surface area contributed by atoms with Gasteiger partial charge in [-0.25, -0.2) is 13.1 Å². The third kappa shape index (κ3) is 4.18. The molecule has 0 bridgehead atoms. The van der Waals surface area contributed by atoms with Crippen molar-refractivity contribution in [3.63, 3.8) is 0 Å². The van der Waals surface area contributed by atoms with E-state index in [0.717, 1.165) is 5.69 Å². The van der Waals surface area contributed by atoms with Gasteiger partial charge < -0.3 is 4.90 Å². The van der Waals surface area contributed by atoms with Crippen molar-refractivity contribution in [2.75, 3.05) is 25.0 Å². The summed E-state index contributed by atoms with van der Waals surface area (Å²) in [7, 11) is -1.94. The van der Waals surface area contributed by atoms with Gasteiger partial charge in [0, 0.05) is 32.2 Å². The standard InChI is InChI=1S/C20H25N5O3S/c1-15(2)23(3)18-11-20(26)25(22-13-18)17-8-6-10-24(14-17)29(27,28)19-9-5-4-7-16(19)12-21/h4-5,7,9,11,13,15,17H,6,8,10,14H2,1-3H3/t17-/m0/s1. The summed E-state index contributed by atoms with van der Waals surface area (Å²) in [6, 6.07) is 9.52. The number of aromatic nitrogens is 2. The van der Waals surface area contributed by atoms with Crippen molar-refractivity contribution in [3.05, 3.63) is 52.4 Å². The molecular weight excluding hydrogens is 390 g/mol. The van der Waals surface area contributed by atoms with E-state index in [1.165, 1.54) is 27.2 Å². The van der Waals surface area contributed by atoms with E-state index in [4.69, 9.17) is 0 Å². The van der Waals surface area contributed by atoms with Gasteiger partial charge in [0.05, 0.1) is 28.4 Å². The van der Waals surface area contributed by atoms with Crippen LogP contribution < -0.4 is 10.5 Å². The molecule has 29 heavy (non-hydrogen) atoms. The maximum Gasteiger partial charge on any atom is 0.269 e. The van der Waals surface area contributed by atoms with E-state index in [2.05, 4.69) is 5.10 Å². The van der Waals surface area contributed by atoms with Gasteiger partial charge >= 0.3 is 0 Å². The van der Waals surface area contributed by atoms with Crippen LogP contribution >= 0.6 is 0 Å². The molecule has 0 radical (unpaired) electrons. The number of nitrogens with zero attached hydrogens (tertiary/aromatic N) is 5. The number of sulfonamides is 1. The van der Waals surface area contributed by atoms with Crippen LogP contribution in [0, 0.1) is 11.3 Å². The molecule has 8 nitrogen and oxygen atoms in total. The van der Waals surface area contributed by atoms with Gasteiger partial charge in [-0.3, -0.25) is 4.79 Å². The van der Waals surface area contributed by atoms with Crippen LogP contribution in [0.25, 0.3) is 0 Å². The summed E-state index contributed by atoms with van der Waals surface area (Å²) in [5, 5.41) is 13.6. The lowest BCUT2D eigenvalue weighted by molar-refractivity contribution is 0.247. The van der Waals surface area contributed by atoms with Crippen LogP contribution in [0.1, 0.15) is 38.3 Å². The molecule has 0 spiro atoms. The summed E-state index contributed by atoms with van der Waals surface area (Å²) in [6.45, 7) is 4.54. The van der Waals surface area contributed by atoms with Crippen LogP contribution in [0.5, 0.6) is 0 Å². The van der Waals surface area contributed by atoms with Gasteiger partial charge in [-0.05, 0) is 38.8 Å². The molecule has 2 aromatic rings. The second-order valence-electron chi connectivity index (χ2n) is 7.47. The zero-order valence-corrected chi connectivity index (χ0v) is 17.6. The zero-order chi connectivity index (χ0) is 21.2. The minimum Gasteiger partial charge on any atom is -0.371 e. The Morgan fingerprint density at radius 3 is 2.69 bits per heavy atom. The lowest BCUT2D eigenvalue weighted by atomic mass is 10.1. The Bertz CT molecular complexity index is 1090. The quantitative estimate of drug-likeness (QED) is 0.740. The number of rotatable bonds is 5. The first kappa shape index (κ1) is 21.0. The third-order valence-corrected chi connectivity index (χ3v) is 7.25. The summed E-state index contributed by atoms with van der Waals surface area (Å²) < 4.78 is 28.9. The lowest BCUT2D eigenvalue weighted by Crippen LogP contribution is -2.43. The van der Waals surface area contributed by atoms with Crippen LogP contribution in [0.2, 0.25) is 0 Å². The van der Waals surface area contributed by atoms with E-state index in [9.17, 15) is 18.5 Å². The molecule has 1 aromatic heterocycles. The molecular formula is C20H25N5O3S. The van der Waals surface area contributed by atoms with Gasteiger partial charge in [0.25, 0.3) is 5.56 Å². The van der Waals surface area contributed by atoms with Crippen LogP contribution in [0.3, 0.4) is 0 Å². The fourth-order valence-electron chi connectivity index (χ4n) is 3.44. The molecule has 3 rings (SSSR count). The highest BCUT2D eigenvalue weighted by Crippen LogP contribution is 2.27. The van der Waals surface area contributed by atoms with Crippen molar-refractivity contribution in [3.8, 4) is 6.07 Å². The topological polar surface area (TPSA) is 99.3 Å². The third-order valence-electron chi connectivity index (χ3n) is 5.32. The Morgan fingerprint density at radius 1 is 1.31 bits per heavy atom. The number of piperidine rings is 1. The molecule has 0 unspecified atom stereocenters. The minimum absolute atomic E-state index is 0.00244. The van der Waals surface area contributed by atoms with Gasteiger partial charge in [0.15, 0.2) is 0 Å². The minimum atomic E-state index is -3.83. The first-order chi connectivity index (χ1) is 13.8. The van der Waals surface area contributed by atoms with Crippen LogP contribution in [0.15, 0.2) is 46.2 Å². The molecule has 2 heterocycles. The van der Waals surface area contributed by atoms with Crippen LogP contribution in [-0.4, -0.2) is 48.7 Å². The predicted octanol–water partition coefficient (Wildman–Crippen LogP) is 1.99. The number of anilines is 1. The Labute approximate surface area is 171 Å². The number of benzene rings is 1. The van der Waals surface area contributed by atoms with Gasteiger partial charge in [-0.15, -0.1) is 0 Å². The van der Waals surface area contributed by atoms with Gasteiger partial charge in [-0.1, -0.05) is 12.1 Å². The van der Waals surface area contributed by atoms with Crippen LogP contribution in [0.4, 0.5) is 5.69 Å². The average Bonchev–Trinajstić information content (AvgIpc) is 2.73. The molecule has 1 aliphatic heterocycles. The highest BCUT2D eigenvalue weighted by molar-refractivity contribution is 7.89. The van der Waals surface area contributed by atoms with Crippen molar-refractivity contribution in [2.24, 2.45) is 0 Å². The number of hydrogen-bond donors (Lipinski definition) is 0. The molecule has 1 aromatic carbocycles. The molecule has 154 valence electrons. The largest absolute Gasteiger partial charge is 0.371 e. The van der Waals surface area contributed by atoms with Gasteiger partial charge in [-0.2, -0.15) is 14.7 Å². The van der Waals surface area contributed by atoms with Crippen molar-refractivity contribution >= 4 is 15.7 Å². The monoisotopic (exact) mass is 415 g/mol. The summed E-state index contributed by atoms with van der Waals surface area (Å²) in [5.41, 5.74) is 0.590. The molecule has 1 saturated heterocycles. The smallest absolute Gasteiger partial charge is 0.269 e. The molecule has 0 N–H and O–H groups in total. The maximum atomic E-state index is 13.1. The number of nitriles is 1. The Hall–Kier alpha value is -2.70. The summed E-state index contributed by atoms with van der Waals surface area (Å²) in [6.07, 6.45) is 2.92. The molecule has 1 atom stereocenters. The maximum absolute atomic E-state index is 13.1. The molecule has 9 heteroatoms. The van der Waals surface area contributed by atoms with Crippen molar-refractivity contribution in [1.82, 2.24) is 14.1 Å². The SMILES string of the molecule is CC(C)N(C)c1cnn([C@H]2CCCN(S(=O)(=O)c3ccccc3C#N)C2)c(=O)c1. The van der Waals surface area contributed by atoms with E-state index in [0.29, 0.717) is 19.4 Å². The predicted molar refractivity (Wildman–Crippen MR) is 110 cm³/mol. The molecule has 1 fully saturated rings. The normalized spacial score (nSPS) is 17.8. The highest BCUT2D eigenvalue weighted by atomic mass is 32.2. The van der Waals surface area contributed by atoms with Gasteiger partial charge in [0.1, 0.15) is 6.07 Å². The van der Waals surface area contributed by atoms with E-state index < -0.39 is 10.0 Å². The Kier molecular flexibility index (Phi) is 6.05. The summed E-state index contributed by atoms with van der Waals surface area (Å²) in [5.74, 6) is 0. The van der Waals surface area contributed by atoms with Gasteiger partial charge in [0.2, 0.25) is 10.0 Å². The summed E-state index contributed by atoms with van der Waals surface area (Å²) in [4.78, 5) is 14.6. The number of hydrogen-bond acceptors (Lipinski definition) is 6. The van der Waals surface area contributed by atoms with E-state index in [-0.39, 0.29) is 34.6 Å². The van der Waals surface area contributed by atoms with Crippen molar-refractivity contribution in [2.45, 2.75) is 43.7 Å². The second-order valence-corrected chi connectivity index (χ2v) is 9.37. The molecule has 0 saturated carbocycles. The van der Waals surface area contributed by atoms with E-state index >= 15 is 0 Å². The molecule has 0 amide bonds. The average molecular weight is 416 g/mol. The first-order valence-corrected chi connectivity index (χ1v) is 11.0. The lowest BCUT2D eigenvalue weighted by Gasteiger charge is -2.32. The zero-order valence-electron chi connectivity index (χ0n) is 16.8. The Morgan fingerprint density at radius 2 is 2.03 bits per heavy atom. The van der Waals surface area contributed by atoms with Crippen molar-refractivity contribution < 1.29 is 8.42 Å². The fourth-order valence-corrected chi connectivity index (χ4v) is 5.09. The molecule has 1 aliphatic rings. The second kappa shape index (κ2) is 8.35. The fraction of sp³-hybridized carbons (Fsp3) is 0.450. The van der Waals surface area contributed by atoms with E-state index in [1.807, 2.05) is 31.9 Å². The van der Waals surface area contributed by atoms with E-state index in [1.54, 1.807) is 18.3 Å². The van der Waals surface area contributed by atoms with Crippen molar-refractivity contribution in [1.29, 1.82) is 5.26 Å². The Balaban J connectivity index is 1.88.